The van der Waals surface area contributed by atoms with E-state index in [0.717, 1.165) is 5.56 Å². The van der Waals surface area contributed by atoms with Crippen molar-refractivity contribution in [1.82, 2.24) is 0 Å². The van der Waals surface area contributed by atoms with Crippen LogP contribution in [0.3, 0.4) is 0 Å². The second-order valence-electron chi connectivity index (χ2n) is 4.04. The topological polar surface area (TPSA) is 93.1 Å². The molecule has 0 aliphatic heterocycles. The quantitative estimate of drug-likeness (QED) is 0.783. The molecule has 6 nitrogen and oxygen atoms in total. The molecule has 0 radical (unpaired) electrons. The average molecular weight is 254 g/mol. The van der Waals surface area contributed by atoms with Gasteiger partial charge in [0.1, 0.15) is 13.2 Å². The smallest absolute Gasteiger partial charge is 0.450 e. The van der Waals surface area contributed by atoms with Gasteiger partial charge in [-0.15, -0.1) is 0 Å². The largest absolute Gasteiger partial charge is 0.505 e. The lowest BCUT2D eigenvalue weighted by Gasteiger charge is -2.27. The fraction of sp³-hybridized carbons (Fsp3) is 0.333. The van der Waals surface area contributed by atoms with Crippen molar-refractivity contribution in [2.24, 2.45) is 0 Å². The Morgan fingerprint density at radius 2 is 1.50 bits per heavy atom. The van der Waals surface area contributed by atoms with E-state index < -0.39 is 17.7 Å². The molecule has 2 N–H and O–H groups in total. The van der Waals surface area contributed by atoms with Gasteiger partial charge in [0.05, 0.1) is 5.41 Å². The van der Waals surface area contributed by atoms with Gasteiger partial charge < -0.3 is 19.7 Å². The maximum atomic E-state index is 10.4. The predicted octanol–water partition coefficient (Wildman–Crippen LogP) is 2.33. The lowest BCUT2D eigenvalue weighted by molar-refractivity contribution is 0.0347. The van der Waals surface area contributed by atoms with Crippen LogP contribution >= 0.6 is 0 Å². The molecule has 0 heterocycles. The van der Waals surface area contributed by atoms with Crippen molar-refractivity contribution in [3.8, 4) is 0 Å². The SMILES string of the molecule is CC(COC(=O)O)(COC(=O)O)c1ccccc1. The Labute approximate surface area is 104 Å². The van der Waals surface area contributed by atoms with Gasteiger partial charge in [-0.1, -0.05) is 30.3 Å². The highest BCUT2D eigenvalue weighted by Gasteiger charge is 2.30. The lowest BCUT2D eigenvalue weighted by Crippen LogP contribution is -2.35. The summed E-state index contributed by atoms with van der Waals surface area (Å²) >= 11 is 0. The normalized spacial score (nSPS) is 10.7. The van der Waals surface area contributed by atoms with Crippen molar-refractivity contribution in [3.05, 3.63) is 35.9 Å². The summed E-state index contributed by atoms with van der Waals surface area (Å²) in [6.07, 6.45) is -2.82. The molecule has 1 aromatic rings. The number of benzene rings is 1. The summed E-state index contributed by atoms with van der Waals surface area (Å²) < 4.78 is 9.07. The Kier molecular flexibility index (Phi) is 4.53. The van der Waals surface area contributed by atoms with Crippen molar-refractivity contribution in [2.75, 3.05) is 13.2 Å². The van der Waals surface area contributed by atoms with Crippen LogP contribution in [-0.2, 0) is 14.9 Å². The van der Waals surface area contributed by atoms with Gasteiger partial charge in [0.25, 0.3) is 0 Å². The van der Waals surface area contributed by atoms with Crippen LogP contribution in [-0.4, -0.2) is 35.7 Å². The first-order valence-electron chi connectivity index (χ1n) is 5.21. The molecule has 0 aliphatic rings. The summed E-state index contributed by atoms with van der Waals surface area (Å²) in [5.74, 6) is 0. The van der Waals surface area contributed by atoms with E-state index in [-0.39, 0.29) is 13.2 Å². The number of hydrogen-bond acceptors (Lipinski definition) is 4. The molecule has 0 spiro atoms. The molecule has 0 aliphatic carbocycles. The fourth-order valence-corrected chi connectivity index (χ4v) is 1.49. The van der Waals surface area contributed by atoms with Gasteiger partial charge in [-0.05, 0) is 12.5 Å². The molecule has 0 aromatic heterocycles. The highest BCUT2D eigenvalue weighted by Crippen LogP contribution is 2.24. The molecular formula is C12H14O6. The molecule has 1 aromatic carbocycles. The minimum absolute atomic E-state index is 0.181. The van der Waals surface area contributed by atoms with Crippen molar-refractivity contribution >= 4 is 12.3 Å². The zero-order valence-corrected chi connectivity index (χ0v) is 9.83. The van der Waals surface area contributed by atoms with Gasteiger partial charge in [-0.2, -0.15) is 0 Å². The van der Waals surface area contributed by atoms with Crippen LogP contribution in [0.4, 0.5) is 9.59 Å². The minimum atomic E-state index is -1.41. The van der Waals surface area contributed by atoms with Gasteiger partial charge in [0, 0.05) is 0 Å². The van der Waals surface area contributed by atoms with E-state index in [1.54, 1.807) is 37.3 Å². The first-order chi connectivity index (χ1) is 8.44. The molecule has 1 rings (SSSR count). The zero-order valence-electron chi connectivity index (χ0n) is 9.83. The average Bonchev–Trinajstić information content (AvgIpc) is 2.35. The van der Waals surface area contributed by atoms with E-state index in [1.165, 1.54) is 0 Å². The van der Waals surface area contributed by atoms with Crippen LogP contribution in [0.5, 0.6) is 0 Å². The van der Waals surface area contributed by atoms with E-state index in [0.29, 0.717) is 0 Å². The molecular weight excluding hydrogens is 240 g/mol. The molecule has 0 saturated carbocycles. The number of hydrogen-bond donors (Lipinski definition) is 2. The van der Waals surface area contributed by atoms with Crippen LogP contribution in [0.2, 0.25) is 0 Å². The van der Waals surface area contributed by atoms with Crippen LogP contribution < -0.4 is 0 Å². The molecule has 18 heavy (non-hydrogen) atoms. The zero-order chi connectivity index (χ0) is 13.6. The van der Waals surface area contributed by atoms with Gasteiger partial charge in [-0.3, -0.25) is 0 Å². The van der Waals surface area contributed by atoms with Crippen LogP contribution in [0, 0.1) is 0 Å². The number of rotatable bonds is 5. The van der Waals surface area contributed by atoms with Gasteiger partial charge in [-0.25, -0.2) is 9.59 Å². The number of carbonyl (C=O) groups is 2. The third-order valence-electron chi connectivity index (χ3n) is 2.50. The Hall–Kier alpha value is -2.24. The monoisotopic (exact) mass is 254 g/mol. The fourth-order valence-electron chi connectivity index (χ4n) is 1.49. The summed E-state index contributed by atoms with van der Waals surface area (Å²) in [4.78, 5) is 20.9. The number of ether oxygens (including phenoxy) is 2. The Morgan fingerprint density at radius 3 is 1.89 bits per heavy atom. The standard InChI is InChI=1S/C12H14O6/c1-12(7-17-10(13)14,8-18-11(15)16)9-5-3-2-4-6-9/h2-6H,7-8H2,1H3,(H,13,14)(H,15,16). The molecule has 0 fully saturated rings. The summed E-state index contributed by atoms with van der Waals surface area (Å²) in [5.41, 5.74) is -0.106. The van der Waals surface area contributed by atoms with Gasteiger partial charge >= 0.3 is 12.3 Å². The van der Waals surface area contributed by atoms with Gasteiger partial charge in [0.15, 0.2) is 0 Å². The number of carboxylic acid groups (broad SMARTS) is 2. The van der Waals surface area contributed by atoms with Crippen molar-refractivity contribution in [2.45, 2.75) is 12.3 Å². The third-order valence-corrected chi connectivity index (χ3v) is 2.50. The van der Waals surface area contributed by atoms with Crippen LogP contribution in [0.15, 0.2) is 30.3 Å². The second kappa shape index (κ2) is 5.90. The molecule has 6 heteroatoms. The van der Waals surface area contributed by atoms with Gasteiger partial charge in [0.2, 0.25) is 0 Å². The van der Waals surface area contributed by atoms with E-state index >= 15 is 0 Å². The van der Waals surface area contributed by atoms with Crippen molar-refractivity contribution < 1.29 is 29.3 Å². The third kappa shape index (κ3) is 3.97. The first-order valence-corrected chi connectivity index (χ1v) is 5.21. The van der Waals surface area contributed by atoms with Crippen LogP contribution in [0.25, 0.3) is 0 Å². The Morgan fingerprint density at radius 1 is 1.06 bits per heavy atom. The molecule has 0 amide bonds. The van der Waals surface area contributed by atoms with E-state index in [9.17, 15) is 9.59 Å². The van der Waals surface area contributed by atoms with Crippen molar-refractivity contribution in [1.29, 1.82) is 0 Å². The molecule has 0 saturated heterocycles. The minimum Gasteiger partial charge on any atom is -0.450 e. The Bertz CT molecular complexity index is 396. The van der Waals surface area contributed by atoms with E-state index in [2.05, 4.69) is 9.47 Å². The maximum Gasteiger partial charge on any atom is 0.505 e. The summed E-state index contributed by atoms with van der Waals surface area (Å²) in [6.45, 7) is 1.31. The van der Waals surface area contributed by atoms with E-state index in [4.69, 9.17) is 10.2 Å². The van der Waals surface area contributed by atoms with E-state index in [1.807, 2.05) is 0 Å². The second-order valence-corrected chi connectivity index (χ2v) is 4.04. The summed E-state index contributed by atoms with van der Waals surface area (Å²) in [5, 5.41) is 17.0. The summed E-state index contributed by atoms with van der Waals surface area (Å²) in [7, 11) is 0. The lowest BCUT2D eigenvalue weighted by atomic mass is 9.84. The Balaban J connectivity index is 2.86. The maximum absolute atomic E-state index is 10.4. The first kappa shape index (κ1) is 13.8. The molecule has 0 atom stereocenters. The molecule has 98 valence electrons. The highest BCUT2D eigenvalue weighted by molar-refractivity contribution is 5.57. The summed E-state index contributed by atoms with van der Waals surface area (Å²) in [6, 6.07) is 8.87. The molecule has 0 bridgehead atoms. The van der Waals surface area contributed by atoms with Crippen molar-refractivity contribution in [3.63, 3.8) is 0 Å². The molecule has 0 unspecified atom stereocenters. The highest BCUT2D eigenvalue weighted by atomic mass is 16.7. The van der Waals surface area contributed by atoms with Crippen LogP contribution in [0.1, 0.15) is 12.5 Å². The predicted molar refractivity (Wildman–Crippen MR) is 61.7 cm³/mol.